The highest BCUT2D eigenvalue weighted by Crippen LogP contribution is 2.56. The van der Waals surface area contributed by atoms with Crippen molar-refractivity contribution in [3.63, 3.8) is 0 Å². The number of phosphoric acid groups is 1. The fraction of sp³-hybridized carbons (Fsp3) is 0.581. The average Bonchev–Trinajstić information content (AvgIpc) is 3.25. The predicted octanol–water partition coefficient (Wildman–Crippen LogP) is 9.38. The fourth-order valence-electron chi connectivity index (χ4n) is 4.46. The van der Waals surface area contributed by atoms with Crippen molar-refractivity contribution in [3.05, 3.63) is 63.9 Å². The second-order valence-electron chi connectivity index (χ2n) is 12.8. The number of halogens is 5. The number of rotatable bonds is 13. The Morgan fingerprint density at radius 1 is 0.977 bits per heavy atom. The Kier molecular flexibility index (Phi) is 11.6. The Bertz CT molecular complexity index is 1350. The van der Waals surface area contributed by atoms with E-state index >= 15 is 0 Å². The number of ether oxygens (including phenoxy) is 2. The van der Waals surface area contributed by atoms with Gasteiger partial charge in [-0.2, -0.15) is 13.2 Å². The molecule has 0 saturated carbocycles. The molecule has 1 heterocycles. The van der Waals surface area contributed by atoms with Crippen LogP contribution < -0.4 is 4.74 Å². The lowest BCUT2D eigenvalue weighted by Crippen LogP contribution is -2.36. The third-order valence-electron chi connectivity index (χ3n) is 6.29. The number of aliphatic imine (C=N–C) groups is 1. The largest absolute Gasteiger partial charge is 0.493 e. The molecule has 0 fully saturated rings. The standard InChI is InChI=1S/C31H41ClF4NO6P/c1-21-37-30(19-40-21,20-41-44(38,42-28(2,3)4)43-29(5,6)7)15-14-23-11-13-27(24(17-23)31(34,35)36)39-16-8-9-22-10-12-26(33)25(32)18-22/h10-13,17-18H,8-9,14-16,19-20H2,1-7H3. The number of aryl methyl sites for hydroxylation is 2. The summed E-state index contributed by atoms with van der Waals surface area (Å²) in [6, 6.07) is 8.24. The second-order valence-corrected chi connectivity index (χ2v) is 14.7. The van der Waals surface area contributed by atoms with Crippen molar-refractivity contribution >= 4 is 25.3 Å². The number of hydrogen-bond acceptors (Lipinski definition) is 7. The van der Waals surface area contributed by atoms with Crippen LogP contribution in [0.15, 0.2) is 41.4 Å². The molecular formula is C31H41ClF4NO6P. The van der Waals surface area contributed by atoms with E-state index in [1.165, 1.54) is 18.2 Å². The maximum absolute atomic E-state index is 14.0. The first-order valence-corrected chi connectivity index (χ1v) is 16.1. The molecule has 0 saturated heterocycles. The quantitative estimate of drug-likeness (QED) is 0.121. The third kappa shape index (κ3) is 11.3. The molecule has 0 bridgehead atoms. The topological polar surface area (TPSA) is 75.6 Å². The zero-order chi connectivity index (χ0) is 33.0. The van der Waals surface area contributed by atoms with Crippen LogP contribution in [0.3, 0.4) is 0 Å². The van der Waals surface area contributed by atoms with Gasteiger partial charge >= 0.3 is 14.0 Å². The molecule has 0 aliphatic carbocycles. The van der Waals surface area contributed by atoms with Gasteiger partial charge in [-0.1, -0.05) is 23.7 Å². The maximum Gasteiger partial charge on any atom is 0.475 e. The van der Waals surface area contributed by atoms with E-state index in [0.717, 1.165) is 11.6 Å². The highest BCUT2D eigenvalue weighted by Gasteiger charge is 2.43. The van der Waals surface area contributed by atoms with Crippen LogP contribution in [-0.4, -0.2) is 42.5 Å². The Morgan fingerprint density at radius 2 is 1.59 bits per heavy atom. The lowest BCUT2D eigenvalue weighted by molar-refractivity contribution is -0.139. The Labute approximate surface area is 261 Å². The van der Waals surface area contributed by atoms with Crippen molar-refractivity contribution in [2.45, 2.75) is 97.1 Å². The van der Waals surface area contributed by atoms with Crippen LogP contribution in [-0.2, 0) is 41.9 Å². The van der Waals surface area contributed by atoms with Crippen LogP contribution in [0.4, 0.5) is 17.6 Å². The molecule has 0 amide bonds. The van der Waals surface area contributed by atoms with Gasteiger partial charge in [0, 0.05) is 6.92 Å². The van der Waals surface area contributed by atoms with Crippen LogP contribution in [0, 0.1) is 5.82 Å². The first kappa shape index (κ1) is 36.3. The molecule has 1 aliphatic rings. The number of phosphoric ester groups is 1. The van der Waals surface area contributed by atoms with Crippen molar-refractivity contribution in [1.82, 2.24) is 0 Å². The molecule has 1 atom stereocenters. The van der Waals surface area contributed by atoms with Crippen molar-refractivity contribution in [2.24, 2.45) is 4.99 Å². The van der Waals surface area contributed by atoms with E-state index in [-0.39, 0.29) is 43.4 Å². The minimum atomic E-state index is -4.65. The van der Waals surface area contributed by atoms with E-state index in [2.05, 4.69) is 4.99 Å². The van der Waals surface area contributed by atoms with Gasteiger partial charge in [0.25, 0.3) is 0 Å². The van der Waals surface area contributed by atoms with Crippen molar-refractivity contribution < 1.29 is 45.2 Å². The van der Waals surface area contributed by atoms with Gasteiger partial charge in [0.2, 0.25) is 0 Å². The van der Waals surface area contributed by atoms with Crippen molar-refractivity contribution in [1.29, 1.82) is 0 Å². The molecule has 1 aliphatic heterocycles. The Morgan fingerprint density at radius 3 is 2.14 bits per heavy atom. The number of alkyl halides is 3. The average molecular weight is 666 g/mol. The molecule has 0 spiro atoms. The fourth-order valence-corrected chi connectivity index (χ4v) is 6.55. The molecule has 246 valence electrons. The van der Waals surface area contributed by atoms with E-state index in [4.69, 9.17) is 34.6 Å². The molecule has 7 nitrogen and oxygen atoms in total. The van der Waals surface area contributed by atoms with Gasteiger partial charge in [-0.05, 0) is 103 Å². The van der Waals surface area contributed by atoms with Gasteiger partial charge in [-0.15, -0.1) is 0 Å². The number of hydrogen-bond donors (Lipinski definition) is 0. The monoisotopic (exact) mass is 665 g/mol. The molecule has 3 rings (SSSR count). The Hall–Kier alpha value is -2.17. The van der Waals surface area contributed by atoms with E-state index in [1.54, 1.807) is 60.6 Å². The van der Waals surface area contributed by atoms with E-state index in [0.29, 0.717) is 24.3 Å². The molecule has 13 heteroatoms. The maximum atomic E-state index is 14.0. The summed E-state index contributed by atoms with van der Waals surface area (Å²) in [4.78, 5) is 4.57. The van der Waals surface area contributed by atoms with Gasteiger partial charge in [0.1, 0.15) is 23.7 Å². The minimum Gasteiger partial charge on any atom is -0.493 e. The summed E-state index contributed by atoms with van der Waals surface area (Å²) in [5.41, 5.74) is -2.43. The molecular weight excluding hydrogens is 625 g/mol. The summed E-state index contributed by atoms with van der Waals surface area (Å²) >= 11 is 5.80. The smallest absolute Gasteiger partial charge is 0.475 e. The summed E-state index contributed by atoms with van der Waals surface area (Å²) in [5.74, 6) is -0.430. The van der Waals surface area contributed by atoms with Gasteiger partial charge in [-0.3, -0.25) is 13.6 Å². The molecule has 2 aromatic carbocycles. The summed E-state index contributed by atoms with van der Waals surface area (Å²) in [5, 5.41) is -0.0118. The van der Waals surface area contributed by atoms with Crippen LogP contribution in [0.1, 0.15) is 78.0 Å². The lowest BCUT2D eigenvalue weighted by Gasteiger charge is -2.33. The summed E-state index contributed by atoms with van der Waals surface area (Å²) < 4.78 is 97.3. The van der Waals surface area contributed by atoms with E-state index in [1.807, 2.05) is 0 Å². The first-order chi connectivity index (χ1) is 20.2. The highest BCUT2D eigenvalue weighted by atomic mass is 35.5. The first-order valence-electron chi connectivity index (χ1n) is 14.3. The molecule has 0 aromatic heterocycles. The molecule has 1 unspecified atom stereocenters. The van der Waals surface area contributed by atoms with Crippen LogP contribution in [0.5, 0.6) is 5.75 Å². The molecule has 44 heavy (non-hydrogen) atoms. The van der Waals surface area contributed by atoms with Gasteiger partial charge in [-0.25, -0.2) is 13.9 Å². The zero-order valence-electron chi connectivity index (χ0n) is 26.1. The highest BCUT2D eigenvalue weighted by molar-refractivity contribution is 7.48. The van der Waals surface area contributed by atoms with Crippen molar-refractivity contribution in [2.75, 3.05) is 19.8 Å². The van der Waals surface area contributed by atoms with E-state index < -0.39 is 42.1 Å². The van der Waals surface area contributed by atoms with Crippen molar-refractivity contribution in [3.8, 4) is 5.75 Å². The number of benzene rings is 2. The minimum absolute atomic E-state index is 0.0118. The molecule has 0 radical (unpaired) electrons. The van der Waals surface area contributed by atoms with E-state index in [9.17, 15) is 22.1 Å². The SMILES string of the molecule is CC1=NC(CCc2ccc(OCCCc3ccc(F)c(Cl)c3)c(C(F)(F)F)c2)(COP(=O)(OC(C)(C)C)OC(C)(C)C)CO1. The zero-order valence-corrected chi connectivity index (χ0v) is 27.8. The Balaban J connectivity index is 1.71. The van der Waals surface area contributed by atoms with Crippen LogP contribution in [0.2, 0.25) is 5.02 Å². The molecule has 0 N–H and O–H groups in total. The van der Waals surface area contributed by atoms with Gasteiger partial charge in [0.15, 0.2) is 5.90 Å². The second kappa shape index (κ2) is 14.1. The van der Waals surface area contributed by atoms with Gasteiger partial charge < -0.3 is 9.47 Å². The molecule has 2 aromatic rings. The normalized spacial score (nSPS) is 17.9. The van der Waals surface area contributed by atoms with Crippen LogP contribution >= 0.6 is 19.4 Å². The summed E-state index contributed by atoms with van der Waals surface area (Å²) in [6.07, 6.45) is -3.35. The predicted molar refractivity (Wildman–Crippen MR) is 162 cm³/mol. The van der Waals surface area contributed by atoms with Crippen LogP contribution in [0.25, 0.3) is 0 Å². The number of nitrogens with zero attached hydrogens (tertiary/aromatic N) is 1. The summed E-state index contributed by atoms with van der Waals surface area (Å²) in [6.45, 7) is 11.9. The third-order valence-corrected chi connectivity index (χ3v) is 8.56. The lowest BCUT2D eigenvalue weighted by atomic mass is 9.93. The van der Waals surface area contributed by atoms with Gasteiger partial charge in [0.05, 0.1) is 35.0 Å². The summed E-state index contributed by atoms with van der Waals surface area (Å²) in [7, 11) is -4.06.